The number of carbonyl (C=O) groups is 1. The van der Waals surface area contributed by atoms with Crippen molar-refractivity contribution in [2.24, 2.45) is 5.41 Å². The summed E-state index contributed by atoms with van der Waals surface area (Å²) >= 11 is 0. The molecule has 1 saturated heterocycles. The minimum atomic E-state index is -0.641. The van der Waals surface area contributed by atoms with Gasteiger partial charge in [-0.25, -0.2) is 4.98 Å². The summed E-state index contributed by atoms with van der Waals surface area (Å²) in [5.74, 6) is 0.635. The van der Waals surface area contributed by atoms with Gasteiger partial charge in [-0.1, -0.05) is 6.42 Å². The Morgan fingerprint density at radius 2 is 1.83 bits per heavy atom. The molecule has 158 valence electrons. The molecule has 2 heterocycles. The van der Waals surface area contributed by atoms with Crippen LogP contribution < -0.4 is 15.0 Å². The van der Waals surface area contributed by atoms with E-state index in [-0.39, 0.29) is 18.3 Å². The van der Waals surface area contributed by atoms with E-state index in [1.165, 1.54) is 37.3 Å². The van der Waals surface area contributed by atoms with Crippen LogP contribution in [0.1, 0.15) is 40.0 Å². The molecule has 1 aliphatic rings. The van der Waals surface area contributed by atoms with E-state index in [0.29, 0.717) is 29.1 Å². The van der Waals surface area contributed by atoms with E-state index < -0.39 is 5.41 Å². The number of likely N-dealkylation sites (tertiary alicyclic amines) is 1. The first-order chi connectivity index (χ1) is 13.8. The molecule has 2 aromatic rings. The van der Waals surface area contributed by atoms with Gasteiger partial charge in [-0.2, -0.15) is 0 Å². The molecular weight excluding hydrogens is 374 g/mol. The Balaban J connectivity index is 1.80. The number of aromatic nitrogens is 2. The number of fused-ring (bicyclic) bond motifs is 1. The minimum absolute atomic E-state index is 0.187. The SMILES string of the molecule is COc1cc2c(=O)n(COC(=O)C(C)(C)C)cnc2cc1OCN1CCCCC1. The molecule has 0 bridgehead atoms. The highest BCUT2D eigenvalue weighted by Crippen LogP contribution is 2.30. The van der Waals surface area contributed by atoms with Crippen molar-refractivity contribution in [3.63, 3.8) is 0 Å². The zero-order valence-corrected chi connectivity index (χ0v) is 17.6. The van der Waals surface area contributed by atoms with Crippen LogP contribution >= 0.6 is 0 Å². The minimum Gasteiger partial charge on any atom is -0.493 e. The Labute approximate surface area is 170 Å². The van der Waals surface area contributed by atoms with Gasteiger partial charge in [0.05, 0.1) is 23.4 Å². The van der Waals surface area contributed by atoms with Gasteiger partial charge < -0.3 is 14.2 Å². The van der Waals surface area contributed by atoms with Crippen molar-refractivity contribution in [1.29, 1.82) is 0 Å². The number of benzene rings is 1. The van der Waals surface area contributed by atoms with E-state index in [4.69, 9.17) is 14.2 Å². The van der Waals surface area contributed by atoms with Gasteiger partial charge in [-0.05, 0) is 39.7 Å². The third kappa shape index (κ3) is 5.06. The molecule has 1 aliphatic heterocycles. The van der Waals surface area contributed by atoms with Crippen LogP contribution in [0.5, 0.6) is 11.5 Å². The first-order valence-corrected chi connectivity index (χ1v) is 9.89. The highest BCUT2D eigenvalue weighted by Gasteiger charge is 2.23. The zero-order chi connectivity index (χ0) is 21.0. The van der Waals surface area contributed by atoms with Crippen LogP contribution in [0, 0.1) is 5.41 Å². The Kier molecular flexibility index (Phi) is 6.42. The fourth-order valence-electron chi connectivity index (χ4n) is 3.12. The van der Waals surface area contributed by atoms with Crippen molar-refractivity contribution in [3.8, 4) is 11.5 Å². The molecule has 8 heteroatoms. The second-order valence-corrected chi connectivity index (χ2v) is 8.30. The van der Waals surface area contributed by atoms with Gasteiger partial charge in [0.1, 0.15) is 13.1 Å². The van der Waals surface area contributed by atoms with Crippen LogP contribution in [0.15, 0.2) is 23.3 Å². The van der Waals surface area contributed by atoms with E-state index in [1.54, 1.807) is 32.9 Å². The van der Waals surface area contributed by atoms with Crippen LogP contribution in [-0.4, -0.2) is 47.4 Å². The molecule has 0 amide bonds. The summed E-state index contributed by atoms with van der Waals surface area (Å²) in [7, 11) is 1.54. The quantitative estimate of drug-likeness (QED) is 0.686. The van der Waals surface area contributed by atoms with E-state index in [2.05, 4.69) is 9.88 Å². The Morgan fingerprint density at radius 3 is 2.48 bits per heavy atom. The van der Waals surface area contributed by atoms with Gasteiger partial charge in [0, 0.05) is 19.2 Å². The second-order valence-electron chi connectivity index (χ2n) is 8.30. The van der Waals surface area contributed by atoms with Gasteiger partial charge in [-0.15, -0.1) is 0 Å². The maximum absolute atomic E-state index is 12.8. The molecule has 0 aliphatic carbocycles. The van der Waals surface area contributed by atoms with E-state index in [1.807, 2.05) is 0 Å². The highest BCUT2D eigenvalue weighted by molar-refractivity contribution is 5.81. The normalized spacial score (nSPS) is 15.3. The summed E-state index contributed by atoms with van der Waals surface area (Å²) < 4.78 is 17.9. The van der Waals surface area contributed by atoms with Crippen molar-refractivity contribution < 1.29 is 19.0 Å². The van der Waals surface area contributed by atoms with Crippen LogP contribution in [0.3, 0.4) is 0 Å². The Hall–Kier alpha value is -2.61. The molecule has 3 rings (SSSR count). The van der Waals surface area contributed by atoms with Gasteiger partial charge in [-0.3, -0.25) is 19.1 Å². The van der Waals surface area contributed by atoms with Crippen molar-refractivity contribution in [1.82, 2.24) is 14.5 Å². The van der Waals surface area contributed by atoms with Crippen molar-refractivity contribution in [3.05, 3.63) is 28.8 Å². The molecule has 0 spiro atoms. The molecule has 1 aromatic carbocycles. The first kappa shape index (κ1) is 21.1. The van der Waals surface area contributed by atoms with Crippen LogP contribution in [0.2, 0.25) is 0 Å². The van der Waals surface area contributed by atoms with Crippen molar-refractivity contribution in [2.75, 3.05) is 26.9 Å². The van der Waals surface area contributed by atoms with E-state index >= 15 is 0 Å². The summed E-state index contributed by atoms with van der Waals surface area (Å²) in [6.07, 6.45) is 5.00. The number of esters is 1. The molecular formula is C21H29N3O5. The van der Waals surface area contributed by atoms with Gasteiger partial charge >= 0.3 is 5.97 Å². The molecule has 1 fully saturated rings. The van der Waals surface area contributed by atoms with Gasteiger partial charge in [0.25, 0.3) is 5.56 Å². The van der Waals surface area contributed by atoms with Crippen LogP contribution in [-0.2, 0) is 16.3 Å². The van der Waals surface area contributed by atoms with Gasteiger partial charge in [0.15, 0.2) is 18.2 Å². The largest absolute Gasteiger partial charge is 0.493 e. The third-order valence-corrected chi connectivity index (χ3v) is 4.91. The Morgan fingerprint density at radius 1 is 1.10 bits per heavy atom. The number of hydrogen-bond acceptors (Lipinski definition) is 7. The molecule has 0 unspecified atom stereocenters. The van der Waals surface area contributed by atoms with Crippen molar-refractivity contribution in [2.45, 2.75) is 46.8 Å². The topological polar surface area (TPSA) is 82.9 Å². The predicted molar refractivity (Wildman–Crippen MR) is 109 cm³/mol. The van der Waals surface area contributed by atoms with Crippen LogP contribution in [0.4, 0.5) is 0 Å². The summed E-state index contributed by atoms with van der Waals surface area (Å²) in [6, 6.07) is 3.34. The zero-order valence-electron chi connectivity index (χ0n) is 17.6. The summed E-state index contributed by atoms with van der Waals surface area (Å²) in [4.78, 5) is 31.4. The molecule has 8 nitrogen and oxygen atoms in total. The first-order valence-electron chi connectivity index (χ1n) is 9.89. The van der Waals surface area contributed by atoms with E-state index in [9.17, 15) is 9.59 Å². The third-order valence-electron chi connectivity index (χ3n) is 4.91. The number of methoxy groups -OCH3 is 1. The fourth-order valence-corrected chi connectivity index (χ4v) is 3.12. The average molecular weight is 403 g/mol. The molecule has 0 atom stereocenters. The van der Waals surface area contributed by atoms with E-state index in [0.717, 1.165) is 13.1 Å². The average Bonchev–Trinajstić information content (AvgIpc) is 2.71. The molecule has 29 heavy (non-hydrogen) atoms. The summed E-state index contributed by atoms with van der Waals surface area (Å²) in [5.41, 5.74) is -0.446. The highest BCUT2D eigenvalue weighted by atomic mass is 16.5. The van der Waals surface area contributed by atoms with Gasteiger partial charge in [0.2, 0.25) is 0 Å². The molecule has 1 aromatic heterocycles. The Bertz CT molecular complexity index is 926. The number of ether oxygens (including phenoxy) is 3. The monoisotopic (exact) mass is 403 g/mol. The lowest BCUT2D eigenvalue weighted by atomic mass is 9.98. The number of hydrogen-bond donors (Lipinski definition) is 0. The molecule has 0 radical (unpaired) electrons. The maximum Gasteiger partial charge on any atom is 0.312 e. The number of rotatable bonds is 6. The maximum atomic E-state index is 12.8. The lowest BCUT2D eigenvalue weighted by Gasteiger charge is -2.26. The predicted octanol–water partition coefficient (Wildman–Crippen LogP) is 2.77. The second kappa shape index (κ2) is 8.82. The lowest BCUT2D eigenvalue weighted by molar-refractivity contribution is -0.157. The lowest BCUT2D eigenvalue weighted by Crippen LogP contribution is -2.33. The summed E-state index contributed by atoms with van der Waals surface area (Å²) in [6.45, 7) is 7.60. The molecule has 0 N–H and O–H groups in total. The number of nitrogens with zero attached hydrogens (tertiary/aromatic N) is 3. The number of piperidine rings is 1. The fraction of sp³-hybridized carbons (Fsp3) is 0.571. The van der Waals surface area contributed by atoms with Crippen molar-refractivity contribution >= 4 is 16.9 Å². The standard InChI is InChI=1S/C21H29N3O5/c1-21(2,3)20(26)29-14-24-12-22-16-11-18(17(27-4)10-15(16)19(24)25)28-13-23-8-6-5-7-9-23/h10-12H,5-9,13-14H2,1-4H3. The molecule has 0 saturated carbocycles. The smallest absolute Gasteiger partial charge is 0.312 e. The summed E-state index contributed by atoms with van der Waals surface area (Å²) in [5, 5.41) is 0.376. The van der Waals surface area contributed by atoms with Crippen LogP contribution in [0.25, 0.3) is 10.9 Å². The number of carbonyl (C=O) groups excluding carboxylic acids is 1.